The lowest BCUT2D eigenvalue weighted by Crippen LogP contribution is -2.26. The fourth-order valence-electron chi connectivity index (χ4n) is 5.82. The Morgan fingerprint density at radius 1 is 0.863 bits per heavy atom. The van der Waals surface area contributed by atoms with Crippen LogP contribution in [0.25, 0.3) is 22.3 Å². The first kappa shape index (κ1) is 40.0. The van der Waals surface area contributed by atoms with Gasteiger partial charge in [-0.15, -0.1) is 11.8 Å². The minimum Gasteiger partial charge on any atom is -0.490 e. The Hall–Kier alpha value is -3.80. The third kappa shape index (κ3) is 10.9. The minimum absolute atomic E-state index is 0.0223. The SMILES string of the molecule is CC.CSNc1ccc(OC2CCOCC2)c(-c2cc(C)c(=O)n(C)c2)c1.CSc1ccc(NCC2CC2)c(-c2cc(N(C)C)c(=O)n(C)c2)c1. The second kappa shape index (κ2) is 19.2. The van der Waals surface area contributed by atoms with Gasteiger partial charge in [-0.05, 0) is 80.5 Å². The minimum atomic E-state index is 0.0223. The van der Waals surface area contributed by atoms with Crippen molar-refractivity contribution >= 4 is 40.8 Å². The molecular weight excluding hydrogens is 679 g/mol. The van der Waals surface area contributed by atoms with Crippen LogP contribution in [0.15, 0.2) is 75.4 Å². The molecule has 4 aromatic rings. The van der Waals surface area contributed by atoms with E-state index in [2.05, 4.69) is 40.6 Å². The highest BCUT2D eigenvalue weighted by Crippen LogP contribution is 2.36. The number of benzene rings is 2. The summed E-state index contributed by atoms with van der Waals surface area (Å²) in [5.74, 6) is 1.66. The van der Waals surface area contributed by atoms with E-state index in [0.29, 0.717) is 5.69 Å². The van der Waals surface area contributed by atoms with Crippen LogP contribution in [0, 0.1) is 12.8 Å². The number of hydrogen-bond donors (Lipinski definition) is 2. The van der Waals surface area contributed by atoms with Crippen LogP contribution >= 0.6 is 23.7 Å². The number of nitrogens with one attached hydrogen (secondary N) is 2. The molecule has 0 radical (unpaired) electrons. The summed E-state index contributed by atoms with van der Waals surface area (Å²) in [6, 6.07) is 16.5. The standard InChI is InChI=1S/C19H25N3OS.C19H24N2O3S.C2H6/c1-21(2)18-9-14(12-22(3)19(18)23)16-10-15(24-4)7-8-17(16)20-11-13-5-6-13;1-13-10-14(12-21(2)19(13)22)17-11-15(20-25-3)4-5-18(17)24-16-6-8-23-9-7-16;1-2/h7-10,12-13,20H,5-6,11H2,1-4H3;4-5,10-12,16,20H,6-9H2,1-3H3;1-2H3. The lowest BCUT2D eigenvalue weighted by molar-refractivity contribution is 0.0258. The lowest BCUT2D eigenvalue weighted by Gasteiger charge is -2.25. The summed E-state index contributed by atoms with van der Waals surface area (Å²) in [6.07, 6.45) is 12.5. The third-order valence-electron chi connectivity index (χ3n) is 8.80. The molecule has 2 aliphatic rings. The predicted molar refractivity (Wildman–Crippen MR) is 219 cm³/mol. The molecule has 1 saturated heterocycles. The summed E-state index contributed by atoms with van der Waals surface area (Å²) < 4.78 is 18.3. The van der Waals surface area contributed by atoms with Crippen molar-refractivity contribution in [2.24, 2.45) is 20.0 Å². The first-order valence-corrected chi connectivity index (χ1v) is 20.2. The van der Waals surface area contributed by atoms with Crippen molar-refractivity contribution in [3.63, 3.8) is 0 Å². The van der Waals surface area contributed by atoms with Gasteiger partial charge in [0.1, 0.15) is 17.5 Å². The van der Waals surface area contributed by atoms with E-state index in [1.165, 1.54) is 17.7 Å². The zero-order valence-electron chi connectivity index (χ0n) is 31.7. The number of nitrogens with zero attached hydrogens (tertiary/aromatic N) is 3. The molecule has 0 bridgehead atoms. The van der Waals surface area contributed by atoms with Crippen molar-refractivity contribution in [3.05, 3.63) is 87.2 Å². The van der Waals surface area contributed by atoms with Gasteiger partial charge in [-0.25, -0.2) is 0 Å². The first-order valence-electron chi connectivity index (χ1n) is 17.7. The molecule has 2 aromatic heterocycles. The van der Waals surface area contributed by atoms with E-state index in [0.717, 1.165) is 83.5 Å². The van der Waals surface area contributed by atoms with Crippen LogP contribution in [-0.2, 0) is 18.8 Å². The smallest absolute Gasteiger partial charge is 0.273 e. The predicted octanol–water partition coefficient (Wildman–Crippen LogP) is 8.30. The zero-order valence-corrected chi connectivity index (χ0v) is 33.3. The van der Waals surface area contributed by atoms with E-state index < -0.39 is 0 Å². The molecular formula is C40H55N5O4S2. The average Bonchev–Trinajstić information content (AvgIpc) is 3.97. The van der Waals surface area contributed by atoms with E-state index in [4.69, 9.17) is 9.47 Å². The Bertz CT molecular complexity index is 1840. The van der Waals surface area contributed by atoms with Crippen LogP contribution in [0.5, 0.6) is 5.75 Å². The van der Waals surface area contributed by atoms with Crippen molar-refractivity contribution in [1.82, 2.24) is 9.13 Å². The molecule has 276 valence electrons. The van der Waals surface area contributed by atoms with Gasteiger partial charge in [0, 0.05) is 110 Å². The average molecular weight is 734 g/mol. The molecule has 2 N–H and O–H groups in total. The van der Waals surface area contributed by atoms with Crippen molar-refractivity contribution in [3.8, 4) is 28.0 Å². The Morgan fingerprint density at radius 3 is 2.14 bits per heavy atom. The Balaban J connectivity index is 0.000000218. The van der Waals surface area contributed by atoms with Gasteiger partial charge >= 0.3 is 0 Å². The van der Waals surface area contributed by atoms with Crippen LogP contribution in [-0.4, -0.2) is 61.6 Å². The number of ether oxygens (including phenoxy) is 2. The van der Waals surface area contributed by atoms with E-state index >= 15 is 0 Å². The highest BCUT2D eigenvalue weighted by molar-refractivity contribution is 7.99. The summed E-state index contributed by atoms with van der Waals surface area (Å²) >= 11 is 3.28. The second-order valence-electron chi connectivity index (χ2n) is 12.9. The van der Waals surface area contributed by atoms with Gasteiger partial charge in [0.2, 0.25) is 0 Å². The van der Waals surface area contributed by atoms with Crippen LogP contribution in [0.2, 0.25) is 0 Å². The van der Waals surface area contributed by atoms with E-state index in [9.17, 15) is 9.59 Å². The summed E-state index contributed by atoms with van der Waals surface area (Å²) in [5.41, 5.74) is 7.81. The highest BCUT2D eigenvalue weighted by Gasteiger charge is 2.22. The van der Waals surface area contributed by atoms with E-state index in [1.807, 2.05) is 89.7 Å². The van der Waals surface area contributed by atoms with Gasteiger partial charge in [0.15, 0.2) is 0 Å². The van der Waals surface area contributed by atoms with Gasteiger partial charge in [-0.1, -0.05) is 25.8 Å². The molecule has 2 aromatic carbocycles. The molecule has 51 heavy (non-hydrogen) atoms. The molecule has 0 amide bonds. The lowest BCUT2D eigenvalue weighted by atomic mass is 10.0. The fourth-order valence-corrected chi connectivity index (χ4v) is 6.62. The van der Waals surface area contributed by atoms with Crippen molar-refractivity contribution in [1.29, 1.82) is 0 Å². The largest absolute Gasteiger partial charge is 0.490 e. The number of hydrogen-bond acceptors (Lipinski definition) is 9. The maximum Gasteiger partial charge on any atom is 0.273 e. The van der Waals surface area contributed by atoms with Crippen LogP contribution < -0.4 is 30.8 Å². The maximum absolute atomic E-state index is 12.3. The van der Waals surface area contributed by atoms with Gasteiger partial charge < -0.3 is 33.5 Å². The molecule has 1 aliphatic heterocycles. The van der Waals surface area contributed by atoms with Crippen molar-refractivity contribution < 1.29 is 9.47 Å². The molecule has 3 heterocycles. The number of rotatable bonds is 11. The van der Waals surface area contributed by atoms with Crippen LogP contribution in [0.1, 0.15) is 45.1 Å². The quantitative estimate of drug-likeness (QED) is 0.117. The first-order chi connectivity index (χ1) is 24.6. The van der Waals surface area contributed by atoms with Crippen molar-refractivity contribution in [2.75, 3.05) is 61.3 Å². The van der Waals surface area contributed by atoms with Gasteiger partial charge in [0.25, 0.3) is 11.1 Å². The monoisotopic (exact) mass is 733 g/mol. The van der Waals surface area contributed by atoms with Gasteiger partial charge in [-0.2, -0.15) is 0 Å². The molecule has 2 fully saturated rings. The molecule has 6 rings (SSSR count). The van der Waals surface area contributed by atoms with Crippen LogP contribution in [0.3, 0.4) is 0 Å². The van der Waals surface area contributed by atoms with Crippen LogP contribution in [0.4, 0.5) is 17.1 Å². The van der Waals surface area contributed by atoms with E-state index in [1.54, 1.807) is 39.9 Å². The summed E-state index contributed by atoms with van der Waals surface area (Å²) in [7, 11) is 7.41. The Kier molecular flexibility index (Phi) is 15.0. The van der Waals surface area contributed by atoms with Crippen molar-refractivity contribution in [2.45, 2.75) is 57.5 Å². The molecule has 0 spiro atoms. The maximum atomic E-state index is 12.3. The molecule has 11 heteroatoms. The topological polar surface area (TPSA) is 89.8 Å². The number of aromatic nitrogens is 2. The Labute approximate surface area is 312 Å². The summed E-state index contributed by atoms with van der Waals surface area (Å²) in [5, 5.41) is 3.60. The second-order valence-corrected chi connectivity index (χ2v) is 14.4. The number of thioether (sulfide) groups is 1. The molecule has 1 saturated carbocycles. The number of anilines is 3. The number of aryl methyl sites for hydroxylation is 3. The molecule has 9 nitrogen and oxygen atoms in total. The highest BCUT2D eigenvalue weighted by atomic mass is 32.2. The summed E-state index contributed by atoms with van der Waals surface area (Å²) in [4.78, 5) is 27.5. The normalized spacial score (nSPS) is 14.1. The molecule has 0 atom stereocenters. The van der Waals surface area contributed by atoms with E-state index in [-0.39, 0.29) is 17.2 Å². The zero-order chi connectivity index (χ0) is 37.1. The summed E-state index contributed by atoms with van der Waals surface area (Å²) in [6.45, 7) is 8.35. The Morgan fingerprint density at radius 2 is 1.53 bits per heavy atom. The molecule has 1 aliphatic carbocycles. The van der Waals surface area contributed by atoms with Gasteiger partial charge in [-0.3, -0.25) is 9.59 Å². The fraction of sp³-hybridized carbons (Fsp3) is 0.450. The number of pyridine rings is 2. The van der Waals surface area contributed by atoms with Gasteiger partial charge in [0.05, 0.1) is 13.2 Å². The third-order valence-corrected chi connectivity index (χ3v) is 9.96. The molecule has 0 unspecified atom stereocenters.